The van der Waals surface area contributed by atoms with Crippen molar-refractivity contribution in [1.29, 1.82) is 0 Å². The minimum Gasteiger partial charge on any atom is -0.481 e. The van der Waals surface area contributed by atoms with E-state index in [1.165, 1.54) is 0 Å². The highest BCUT2D eigenvalue weighted by molar-refractivity contribution is 5.66. The van der Waals surface area contributed by atoms with Gasteiger partial charge in [-0.2, -0.15) is 0 Å². The first-order valence-electron chi connectivity index (χ1n) is 3.94. The maximum Gasteiger partial charge on any atom is 0.303 e. The van der Waals surface area contributed by atoms with Crippen LogP contribution in [0.25, 0.3) is 0 Å². The summed E-state index contributed by atoms with van der Waals surface area (Å²) in [5.74, 6) is 4.35. The number of carboxylic acids is 1. The van der Waals surface area contributed by atoms with E-state index in [2.05, 4.69) is 5.43 Å². The molecule has 0 aromatic heterocycles. The average Bonchev–Trinajstić information content (AvgIpc) is 2.20. The van der Waals surface area contributed by atoms with Gasteiger partial charge in [0, 0.05) is 12.1 Å². The molecule has 0 amide bonds. The van der Waals surface area contributed by atoms with Crippen molar-refractivity contribution in [1.82, 2.24) is 0 Å². The quantitative estimate of drug-likeness (QED) is 0.478. The zero-order chi connectivity index (χ0) is 10.1. The third-order valence-electron chi connectivity index (χ3n) is 1.24. The fourth-order valence-electron chi connectivity index (χ4n) is 0.534. The Kier molecular flexibility index (Phi) is 6.27. The van der Waals surface area contributed by atoms with Crippen LogP contribution in [0.5, 0.6) is 0 Å². The lowest BCUT2D eigenvalue weighted by atomic mass is 10.3. The lowest BCUT2D eigenvalue weighted by Gasteiger charge is -1.94. The van der Waals surface area contributed by atoms with E-state index < -0.39 is 5.97 Å². The van der Waals surface area contributed by atoms with E-state index in [-0.39, 0.29) is 6.42 Å². The summed E-state index contributed by atoms with van der Waals surface area (Å²) in [5, 5.41) is 7.72. The summed E-state index contributed by atoms with van der Waals surface area (Å²) in [7, 11) is 0. The summed E-state index contributed by atoms with van der Waals surface area (Å²) in [6.07, 6.45) is 0.222. The summed E-state index contributed by atoms with van der Waals surface area (Å²) in [6.45, 7) is 1.60. The number of carboxylic acid groups (broad SMARTS) is 1. The van der Waals surface area contributed by atoms with Crippen LogP contribution in [-0.2, 0) is 4.79 Å². The highest BCUT2D eigenvalue weighted by atomic mass is 16.4. The summed E-state index contributed by atoms with van der Waals surface area (Å²) in [6, 6.07) is 9.60. The Morgan fingerprint density at radius 3 is 2.15 bits per heavy atom. The molecule has 4 N–H and O–H groups in total. The van der Waals surface area contributed by atoms with Gasteiger partial charge in [-0.15, -0.1) is 0 Å². The van der Waals surface area contributed by atoms with E-state index >= 15 is 0 Å². The molecule has 0 aliphatic rings. The van der Waals surface area contributed by atoms with Crippen molar-refractivity contribution in [2.24, 2.45) is 5.84 Å². The van der Waals surface area contributed by atoms with Crippen molar-refractivity contribution < 1.29 is 9.90 Å². The molecule has 13 heavy (non-hydrogen) atoms. The molecule has 1 aromatic rings. The Hall–Kier alpha value is -1.55. The Balaban J connectivity index is 0.000000252. The average molecular weight is 182 g/mol. The van der Waals surface area contributed by atoms with Crippen LogP contribution in [0.3, 0.4) is 0 Å². The smallest absolute Gasteiger partial charge is 0.303 e. The number of hydrogen-bond donors (Lipinski definition) is 3. The molecule has 0 atom stereocenters. The lowest BCUT2D eigenvalue weighted by molar-refractivity contribution is -0.136. The normalized spacial score (nSPS) is 8.15. The van der Waals surface area contributed by atoms with Crippen LogP contribution in [0.2, 0.25) is 0 Å². The molecule has 72 valence electrons. The number of carbonyl (C=O) groups is 1. The number of nitrogens with two attached hydrogens (primary N) is 1. The monoisotopic (exact) mass is 182 g/mol. The number of para-hydroxylation sites is 1. The molecular formula is C9H14N2O2. The van der Waals surface area contributed by atoms with Crippen LogP contribution < -0.4 is 11.3 Å². The molecule has 0 aliphatic carbocycles. The molecule has 0 heterocycles. The number of aliphatic carboxylic acids is 1. The number of hydrogen-bond acceptors (Lipinski definition) is 3. The van der Waals surface area contributed by atoms with Crippen molar-refractivity contribution in [3.05, 3.63) is 30.3 Å². The second-order valence-corrected chi connectivity index (χ2v) is 2.26. The van der Waals surface area contributed by atoms with E-state index in [0.717, 1.165) is 5.69 Å². The van der Waals surface area contributed by atoms with Crippen molar-refractivity contribution in [3.63, 3.8) is 0 Å². The van der Waals surface area contributed by atoms with Gasteiger partial charge in [0.25, 0.3) is 0 Å². The maximum atomic E-state index is 9.37. The third-order valence-corrected chi connectivity index (χ3v) is 1.24. The van der Waals surface area contributed by atoms with Crippen LogP contribution in [0.4, 0.5) is 5.69 Å². The number of hydrazine groups is 1. The molecule has 1 rings (SSSR count). The Labute approximate surface area is 77.3 Å². The van der Waals surface area contributed by atoms with Gasteiger partial charge in [0.05, 0.1) is 0 Å². The van der Waals surface area contributed by atoms with Crippen molar-refractivity contribution >= 4 is 11.7 Å². The topological polar surface area (TPSA) is 75.3 Å². The van der Waals surface area contributed by atoms with Gasteiger partial charge in [-0.05, 0) is 12.1 Å². The molecule has 0 saturated heterocycles. The first-order valence-corrected chi connectivity index (χ1v) is 3.94. The van der Waals surface area contributed by atoms with E-state index in [9.17, 15) is 4.79 Å². The predicted molar refractivity (Wildman–Crippen MR) is 52.2 cm³/mol. The van der Waals surface area contributed by atoms with Gasteiger partial charge in [-0.1, -0.05) is 25.1 Å². The molecule has 4 nitrogen and oxygen atoms in total. The second-order valence-electron chi connectivity index (χ2n) is 2.26. The molecular weight excluding hydrogens is 168 g/mol. The fourth-order valence-corrected chi connectivity index (χ4v) is 0.534. The van der Waals surface area contributed by atoms with Gasteiger partial charge >= 0.3 is 5.97 Å². The van der Waals surface area contributed by atoms with Crippen LogP contribution in [0, 0.1) is 0 Å². The highest BCUT2D eigenvalue weighted by Crippen LogP contribution is 2.00. The predicted octanol–water partition coefficient (Wildman–Crippen LogP) is 1.45. The zero-order valence-corrected chi connectivity index (χ0v) is 7.53. The summed E-state index contributed by atoms with van der Waals surface area (Å²) in [4.78, 5) is 9.37. The molecule has 0 fully saturated rings. The summed E-state index contributed by atoms with van der Waals surface area (Å²) in [5.41, 5.74) is 3.46. The Bertz CT molecular complexity index is 237. The van der Waals surface area contributed by atoms with Gasteiger partial charge < -0.3 is 10.5 Å². The van der Waals surface area contributed by atoms with Crippen molar-refractivity contribution in [2.75, 3.05) is 5.43 Å². The SMILES string of the molecule is CCC(=O)O.NNc1ccccc1. The van der Waals surface area contributed by atoms with Crippen LogP contribution in [0.15, 0.2) is 30.3 Å². The van der Waals surface area contributed by atoms with Gasteiger partial charge in [0.15, 0.2) is 0 Å². The van der Waals surface area contributed by atoms with Crippen LogP contribution >= 0.6 is 0 Å². The highest BCUT2D eigenvalue weighted by Gasteiger charge is 1.81. The van der Waals surface area contributed by atoms with Crippen molar-refractivity contribution in [3.8, 4) is 0 Å². The number of nitrogen functional groups attached to an aromatic ring is 1. The molecule has 0 radical (unpaired) electrons. The largest absolute Gasteiger partial charge is 0.481 e. The van der Waals surface area contributed by atoms with Gasteiger partial charge in [-0.25, -0.2) is 0 Å². The van der Waals surface area contributed by atoms with Gasteiger partial charge in [0.2, 0.25) is 0 Å². The molecule has 1 aromatic carbocycles. The first-order chi connectivity index (χ1) is 6.20. The van der Waals surface area contributed by atoms with E-state index in [1.54, 1.807) is 6.92 Å². The minimum absolute atomic E-state index is 0.222. The molecule has 0 aliphatic heterocycles. The Morgan fingerprint density at radius 2 is 1.92 bits per heavy atom. The molecule has 0 saturated carbocycles. The summed E-state index contributed by atoms with van der Waals surface area (Å²) < 4.78 is 0. The van der Waals surface area contributed by atoms with Crippen molar-refractivity contribution in [2.45, 2.75) is 13.3 Å². The number of nitrogens with one attached hydrogen (secondary N) is 1. The minimum atomic E-state index is -0.745. The fraction of sp³-hybridized carbons (Fsp3) is 0.222. The summed E-state index contributed by atoms with van der Waals surface area (Å²) >= 11 is 0. The molecule has 0 bridgehead atoms. The van der Waals surface area contributed by atoms with E-state index in [4.69, 9.17) is 10.9 Å². The van der Waals surface area contributed by atoms with E-state index in [0.29, 0.717) is 0 Å². The number of anilines is 1. The third kappa shape index (κ3) is 6.83. The zero-order valence-electron chi connectivity index (χ0n) is 7.53. The molecule has 0 unspecified atom stereocenters. The standard InChI is InChI=1S/C6H8N2.C3H6O2/c7-8-6-4-2-1-3-5-6;1-2-3(4)5/h1-5,8H,7H2;2H2,1H3,(H,4,5). The Morgan fingerprint density at radius 1 is 1.46 bits per heavy atom. The first kappa shape index (κ1) is 11.4. The number of rotatable bonds is 2. The number of benzene rings is 1. The molecule has 4 heteroatoms. The van der Waals surface area contributed by atoms with Crippen LogP contribution in [0.1, 0.15) is 13.3 Å². The van der Waals surface area contributed by atoms with Gasteiger partial charge in [0.1, 0.15) is 0 Å². The second kappa shape index (κ2) is 7.12. The maximum absolute atomic E-state index is 9.37. The lowest BCUT2D eigenvalue weighted by Crippen LogP contribution is -2.05. The van der Waals surface area contributed by atoms with E-state index in [1.807, 2.05) is 30.3 Å². The molecule has 0 spiro atoms. The van der Waals surface area contributed by atoms with Gasteiger partial charge in [-0.3, -0.25) is 10.6 Å². The van der Waals surface area contributed by atoms with Crippen LogP contribution in [-0.4, -0.2) is 11.1 Å².